The van der Waals surface area contributed by atoms with Crippen LogP contribution in [0, 0.1) is 0 Å². The lowest BCUT2D eigenvalue weighted by molar-refractivity contribution is -0.137. The van der Waals surface area contributed by atoms with Crippen molar-refractivity contribution in [1.82, 2.24) is 20.6 Å². The second-order valence-electron chi connectivity index (χ2n) is 8.78. The standard InChI is InChI=1S/C24H27F3N6O/c1-15(2)17-8-11-20(19(14-17)24(25,26)27)28-21-4-3-13-33(23(21)34)18-9-5-16(6-10-18)7-12-22-29-31-32-30-22/h5-6,8-11,14-15,21,28H,3-4,7,12-13H2,1-2H3,(H,29,30,31,32)/t21-/m0/s1. The number of hydrogen-bond donors (Lipinski definition) is 2. The number of tetrazole rings is 1. The van der Waals surface area contributed by atoms with Gasteiger partial charge in [-0.1, -0.05) is 37.3 Å². The van der Waals surface area contributed by atoms with Crippen molar-refractivity contribution >= 4 is 17.3 Å². The molecule has 2 aromatic carbocycles. The number of halogens is 3. The number of alkyl halides is 3. The van der Waals surface area contributed by atoms with Crippen LogP contribution in [0.25, 0.3) is 0 Å². The minimum absolute atomic E-state index is 0.0304. The van der Waals surface area contributed by atoms with Crippen LogP contribution in [-0.4, -0.2) is 39.1 Å². The molecule has 1 aliphatic heterocycles. The predicted octanol–water partition coefficient (Wildman–Crippen LogP) is 4.73. The Kier molecular flexibility index (Phi) is 6.85. The van der Waals surface area contributed by atoms with E-state index in [1.807, 2.05) is 38.1 Å². The number of benzene rings is 2. The van der Waals surface area contributed by atoms with E-state index >= 15 is 0 Å². The molecule has 1 aromatic heterocycles. The van der Waals surface area contributed by atoms with Gasteiger partial charge >= 0.3 is 6.18 Å². The Morgan fingerprint density at radius 3 is 2.56 bits per heavy atom. The van der Waals surface area contributed by atoms with Gasteiger partial charge in [0.25, 0.3) is 0 Å². The zero-order chi connectivity index (χ0) is 24.3. The van der Waals surface area contributed by atoms with Gasteiger partial charge in [0.05, 0.1) is 5.56 Å². The number of rotatable bonds is 7. The molecular formula is C24H27F3N6O. The fraction of sp³-hybridized carbons (Fsp3) is 0.417. The van der Waals surface area contributed by atoms with Crippen LogP contribution < -0.4 is 10.2 Å². The van der Waals surface area contributed by atoms with Crippen LogP contribution in [0.15, 0.2) is 42.5 Å². The molecule has 4 rings (SSSR count). The van der Waals surface area contributed by atoms with Crippen molar-refractivity contribution in [2.75, 3.05) is 16.8 Å². The first-order valence-electron chi connectivity index (χ1n) is 11.3. The first-order valence-corrected chi connectivity index (χ1v) is 11.3. The Morgan fingerprint density at radius 1 is 1.15 bits per heavy atom. The normalized spacial score (nSPS) is 16.8. The molecule has 10 heteroatoms. The minimum Gasteiger partial charge on any atom is -0.373 e. The molecule has 1 fully saturated rings. The number of amides is 1. The van der Waals surface area contributed by atoms with E-state index in [9.17, 15) is 18.0 Å². The highest BCUT2D eigenvalue weighted by atomic mass is 19.4. The highest BCUT2D eigenvalue weighted by Gasteiger charge is 2.36. The Balaban J connectivity index is 1.47. The molecule has 3 aromatic rings. The number of anilines is 2. The summed E-state index contributed by atoms with van der Waals surface area (Å²) < 4.78 is 41.2. The van der Waals surface area contributed by atoms with Crippen molar-refractivity contribution in [3.63, 3.8) is 0 Å². The van der Waals surface area contributed by atoms with Gasteiger partial charge in [-0.05, 0) is 60.6 Å². The number of aromatic nitrogens is 4. The Labute approximate surface area is 195 Å². The number of aromatic amines is 1. The zero-order valence-corrected chi connectivity index (χ0v) is 19.1. The average Bonchev–Trinajstić information content (AvgIpc) is 3.33. The molecule has 0 aliphatic carbocycles. The first kappa shape index (κ1) is 23.7. The maximum atomic E-state index is 13.7. The van der Waals surface area contributed by atoms with Gasteiger partial charge in [0, 0.05) is 24.3 Å². The maximum absolute atomic E-state index is 13.7. The fourth-order valence-electron chi connectivity index (χ4n) is 4.12. The lowest BCUT2D eigenvalue weighted by Gasteiger charge is -2.34. The molecule has 1 saturated heterocycles. The number of aryl methyl sites for hydroxylation is 2. The smallest absolute Gasteiger partial charge is 0.373 e. The second kappa shape index (κ2) is 9.82. The van der Waals surface area contributed by atoms with Crippen molar-refractivity contribution < 1.29 is 18.0 Å². The van der Waals surface area contributed by atoms with E-state index in [0.717, 1.165) is 17.7 Å². The molecule has 2 N–H and O–H groups in total. The molecule has 180 valence electrons. The molecule has 1 amide bonds. The number of H-pyrrole nitrogens is 1. The van der Waals surface area contributed by atoms with E-state index in [1.165, 1.54) is 12.1 Å². The summed E-state index contributed by atoms with van der Waals surface area (Å²) in [6, 6.07) is 11.2. The van der Waals surface area contributed by atoms with E-state index in [2.05, 4.69) is 25.9 Å². The van der Waals surface area contributed by atoms with Crippen LogP contribution >= 0.6 is 0 Å². The molecule has 0 unspecified atom stereocenters. The topological polar surface area (TPSA) is 86.8 Å². The molecule has 0 spiro atoms. The third kappa shape index (κ3) is 5.37. The molecule has 34 heavy (non-hydrogen) atoms. The predicted molar refractivity (Wildman–Crippen MR) is 123 cm³/mol. The molecular weight excluding hydrogens is 445 g/mol. The lowest BCUT2D eigenvalue weighted by atomic mass is 9.98. The van der Waals surface area contributed by atoms with Crippen LogP contribution in [0.2, 0.25) is 0 Å². The maximum Gasteiger partial charge on any atom is 0.418 e. The quantitative estimate of drug-likeness (QED) is 0.519. The van der Waals surface area contributed by atoms with Crippen LogP contribution in [0.4, 0.5) is 24.5 Å². The van der Waals surface area contributed by atoms with Crippen molar-refractivity contribution in [3.05, 3.63) is 65.0 Å². The highest BCUT2D eigenvalue weighted by molar-refractivity contribution is 5.99. The average molecular weight is 473 g/mol. The number of nitrogens with zero attached hydrogens (tertiary/aromatic N) is 4. The van der Waals surface area contributed by atoms with Crippen molar-refractivity contribution in [3.8, 4) is 0 Å². The van der Waals surface area contributed by atoms with E-state index in [1.54, 1.807) is 11.0 Å². The Morgan fingerprint density at radius 2 is 1.91 bits per heavy atom. The van der Waals surface area contributed by atoms with Gasteiger partial charge < -0.3 is 10.2 Å². The van der Waals surface area contributed by atoms with Crippen molar-refractivity contribution in [1.29, 1.82) is 0 Å². The molecule has 0 radical (unpaired) electrons. The van der Waals surface area contributed by atoms with Gasteiger partial charge in [-0.2, -0.15) is 18.4 Å². The summed E-state index contributed by atoms with van der Waals surface area (Å²) in [5.74, 6) is 0.368. The van der Waals surface area contributed by atoms with E-state index in [0.29, 0.717) is 37.2 Å². The Hall–Kier alpha value is -3.43. The van der Waals surface area contributed by atoms with Gasteiger partial charge in [0.15, 0.2) is 5.82 Å². The number of piperidine rings is 1. The largest absolute Gasteiger partial charge is 0.418 e. The van der Waals surface area contributed by atoms with Crippen molar-refractivity contribution in [2.24, 2.45) is 0 Å². The second-order valence-corrected chi connectivity index (χ2v) is 8.78. The monoisotopic (exact) mass is 472 g/mol. The van der Waals surface area contributed by atoms with Gasteiger partial charge in [-0.25, -0.2) is 0 Å². The van der Waals surface area contributed by atoms with Gasteiger partial charge in [-0.3, -0.25) is 4.79 Å². The third-order valence-electron chi connectivity index (χ3n) is 6.06. The summed E-state index contributed by atoms with van der Waals surface area (Å²) in [7, 11) is 0. The molecule has 0 saturated carbocycles. The summed E-state index contributed by atoms with van der Waals surface area (Å²) in [6.45, 7) is 4.22. The minimum atomic E-state index is -4.51. The summed E-state index contributed by atoms with van der Waals surface area (Å²) in [5.41, 5.74) is 1.59. The first-order chi connectivity index (χ1) is 16.2. The molecule has 1 aliphatic rings. The van der Waals surface area contributed by atoms with Gasteiger partial charge in [0.2, 0.25) is 5.91 Å². The SMILES string of the molecule is CC(C)c1ccc(N[C@H]2CCCN(c3ccc(CCc4nn[nH]n4)cc3)C2=O)c(C(F)(F)F)c1. The van der Waals surface area contributed by atoms with Gasteiger partial charge in [0.1, 0.15) is 6.04 Å². The van der Waals surface area contributed by atoms with Crippen LogP contribution in [0.1, 0.15) is 55.1 Å². The summed E-state index contributed by atoms with van der Waals surface area (Å²) in [6.07, 6.45) is -1.98. The number of hydrogen-bond acceptors (Lipinski definition) is 5. The Bertz CT molecular complexity index is 1110. The number of carbonyl (C=O) groups is 1. The van der Waals surface area contributed by atoms with Gasteiger partial charge in [-0.15, -0.1) is 10.2 Å². The summed E-state index contributed by atoms with van der Waals surface area (Å²) in [4.78, 5) is 14.8. The highest BCUT2D eigenvalue weighted by Crippen LogP contribution is 2.37. The lowest BCUT2D eigenvalue weighted by Crippen LogP contribution is -2.48. The van der Waals surface area contributed by atoms with E-state index < -0.39 is 17.8 Å². The molecule has 0 bridgehead atoms. The molecule has 7 nitrogen and oxygen atoms in total. The van der Waals surface area contributed by atoms with Crippen LogP contribution in [-0.2, 0) is 23.8 Å². The van der Waals surface area contributed by atoms with E-state index in [-0.39, 0.29) is 17.5 Å². The fourth-order valence-corrected chi connectivity index (χ4v) is 4.12. The third-order valence-corrected chi connectivity index (χ3v) is 6.06. The van der Waals surface area contributed by atoms with Crippen molar-refractivity contribution in [2.45, 2.75) is 57.7 Å². The summed E-state index contributed by atoms with van der Waals surface area (Å²) >= 11 is 0. The van der Waals surface area contributed by atoms with Crippen LogP contribution in [0.3, 0.4) is 0 Å². The summed E-state index contributed by atoms with van der Waals surface area (Å²) in [5, 5.41) is 16.7. The zero-order valence-electron chi connectivity index (χ0n) is 19.1. The molecule has 1 atom stereocenters. The van der Waals surface area contributed by atoms with Crippen LogP contribution in [0.5, 0.6) is 0 Å². The molecule has 2 heterocycles. The van der Waals surface area contributed by atoms with E-state index in [4.69, 9.17) is 0 Å². The number of nitrogens with one attached hydrogen (secondary N) is 2. The number of carbonyl (C=O) groups excluding carboxylic acids is 1.